The summed E-state index contributed by atoms with van der Waals surface area (Å²) in [4.78, 5) is 51.6. The lowest BCUT2D eigenvalue weighted by atomic mass is 10.0. The Balaban J connectivity index is 2.15. The van der Waals surface area contributed by atoms with Crippen LogP contribution in [0, 0.1) is 5.92 Å². The Morgan fingerprint density at radius 3 is 2.41 bits per heavy atom. The van der Waals surface area contributed by atoms with Crippen LogP contribution in [0.25, 0.3) is 0 Å². The van der Waals surface area contributed by atoms with Crippen molar-refractivity contribution in [3.8, 4) is 0 Å². The third-order valence-corrected chi connectivity index (χ3v) is 6.35. The van der Waals surface area contributed by atoms with Gasteiger partial charge in [-0.15, -0.1) is 13.2 Å². The predicted octanol–water partition coefficient (Wildman–Crippen LogP) is 2.37. The minimum Gasteiger partial charge on any atom is -0.479 e. The van der Waals surface area contributed by atoms with Crippen molar-refractivity contribution in [2.75, 3.05) is 6.54 Å². The Kier molecular flexibility index (Phi) is 9.45. The van der Waals surface area contributed by atoms with E-state index in [1.54, 1.807) is 20.8 Å². The zero-order valence-electron chi connectivity index (χ0n) is 21.5. The highest BCUT2D eigenvalue weighted by Crippen LogP contribution is 2.50. The summed E-state index contributed by atoms with van der Waals surface area (Å²) in [6.45, 7) is 11.7. The number of hydrogen-bond acceptors (Lipinski definition) is 6. The first-order valence-corrected chi connectivity index (χ1v) is 12.2. The maximum atomic E-state index is 14.2. The quantitative estimate of drug-likeness (QED) is 0.284. The number of amides is 3. The van der Waals surface area contributed by atoms with Gasteiger partial charge in [0, 0.05) is 31.7 Å². The van der Waals surface area contributed by atoms with E-state index >= 15 is 0 Å². The summed E-state index contributed by atoms with van der Waals surface area (Å²) in [5.74, 6) is -7.14. The van der Waals surface area contributed by atoms with E-state index in [4.69, 9.17) is 4.74 Å². The Labute approximate surface area is 215 Å². The molecule has 1 saturated heterocycles. The Bertz CT molecular complexity index is 920. The molecule has 10 nitrogen and oxygen atoms in total. The maximum absolute atomic E-state index is 14.2. The minimum absolute atomic E-state index is 0.0000603. The topological polar surface area (TPSA) is 145 Å². The van der Waals surface area contributed by atoms with E-state index in [0.29, 0.717) is 0 Å². The van der Waals surface area contributed by atoms with Gasteiger partial charge in [0.25, 0.3) is 0 Å². The summed E-state index contributed by atoms with van der Waals surface area (Å²) in [7, 11) is 0. The number of alkyl halides is 2. The number of alkyl carbamates (subject to hydrolysis) is 1. The number of halogens is 2. The van der Waals surface area contributed by atoms with Gasteiger partial charge in [-0.05, 0) is 40.0 Å². The van der Waals surface area contributed by atoms with Crippen molar-refractivity contribution in [3.05, 3.63) is 25.3 Å². The molecule has 1 heterocycles. The van der Waals surface area contributed by atoms with Crippen molar-refractivity contribution in [3.63, 3.8) is 0 Å². The number of aliphatic hydroxyl groups is 1. The van der Waals surface area contributed by atoms with Crippen LogP contribution in [0.2, 0.25) is 0 Å². The molecule has 2 rings (SSSR count). The van der Waals surface area contributed by atoms with Crippen LogP contribution in [-0.4, -0.2) is 80.8 Å². The lowest BCUT2D eigenvalue weighted by Crippen LogP contribution is -2.56. The number of aliphatic carboxylic acids is 1. The fourth-order valence-corrected chi connectivity index (χ4v) is 4.47. The highest BCUT2D eigenvalue weighted by molar-refractivity contribution is 5.96. The van der Waals surface area contributed by atoms with Gasteiger partial charge >= 0.3 is 12.1 Å². The molecule has 1 saturated carbocycles. The standard InChI is InChI=1S/C25H37F2N3O7/c1-6-8-10-24(26,27)12-15-13-25(15,21(34)35)29-19(32)18-11-16(31)14-30(18)20(33)17(9-7-2)28-22(36)37-23(3,4)5/h6-7,15-18,31H,1-2,8-14H2,3-5H3,(H,28,36)(H,29,32)(H,34,35)/t15?,16-,17+,18+,25?/m1/s1. The molecule has 0 radical (unpaired) electrons. The Hall–Kier alpha value is -3.02. The summed E-state index contributed by atoms with van der Waals surface area (Å²) in [5, 5.41) is 24.7. The maximum Gasteiger partial charge on any atom is 0.408 e. The second-order valence-corrected chi connectivity index (χ2v) is 10.7. The van der Waals surface area contributed by atoms with Gasteiger partial charge in [0.2, 0.25) is 17.7 Å². The first kappa shape index (κ1) is 30.2. The molecular formula is C25H37F2N3O7. The number of β-amino-alcohol motifs (C(OH)–C–C–N with tert-alkyl or cyclic N) is 1. The van der Waals surface area contributed by atoms with Crippen molar-refractivity contribution < 1.29 is 42.9 Å². The largest absolute Gasteiger partial charge is 0.479 e. The van der Waals surface area contributed by atoms with E-state index in [1.165, 1.54) is 12.2 Å². The average molecular weight is 530 g/mol. The second-order valence-electron chi connectivity index (χ2n) is 10.7. The van der Waals surface area contributed by atoms with Crippen molar-refractivity contribution in [1.29, 1.82) is 0 Å². The minimum atomic E-state index is -3.13. The number of likely N-dealkylation sites (tertiary alicyclic amines) is 1. The predicted molar refractivity (Wildman–Crippen MR) is 130 cm³/mol. The molecule has 5 atom stereocenters. The number of carbonyl (C=O) groups is 4. The van der Waals surface area contributed by atoms with E-state index in [2.05, 4.69) is 23.8 Å². The van der Waals surface area contributed by atoms with Crippen LogP contribution >= 0.6 is 0 Å². The van der Waals surface area contributed by atoms with Crippen LogP contribution in [0.3, 0.4) is 0 Å². The number of ether oxygens (including phenoxy) is 1. The number of nitrogens with one attached hydrogen (secondary N) is 2. The average Bonchev–Trinajstić information content (AvgIpc) is 3.28. The first-order chi connectivity index (χ1) is 17.0. The summed E-state index contributed by atoms with van der Waals surface area (Å²) >= 11 is 0. The van der Waals surface area contributed by atoms with E-state index in [1.807, 2.05) is 0 Å². The van der Waals surface area contributed by atoms with Gasteiger partial charge in [-0.3, -0.25) is 9.59 Å². The molecule has 0 bridgehead atoms. The number of carbonyl (C=O) groups excluding carboxylic acids is 3. The number of nitrogens with zero attached hydrogens (tertiary/aromatic N) is 1. The van der Waals surface area contributed by atoms with Gasteiger partial charge in [0.05, 0.1) is 6.10 Å². The van der Waals surface area contributed by atoms with E-state index in [0.717, 1.165) is 4.90 Å². The summed E-state index contributed by atoms with van der Waals surface area (Å²) in [5.41, 5.74) is -2.71. The fourth-order valence-electron chi connectivity index (χ4n) is 4.47. The molecule has 37 heavy (non-hydrogen) atoms. The molecule has 0 aromatic carbocycles. The molecule has 4 N–H and O–H groups in total. The van der Waals surface area contributed by atoms with E-state index in [-0.39, 0.29) is 32.2 Å². The molecule has 0 aromatic heterocycles. The summed E-state index contributed by atoms with van der Waals surface area (Å²) in [6.07, 6.45) is -0.703. The number of hydrogen-bond donors (Lipinski definition) is 4. The smallest absolute Gasteiger partial charge is 0.408 e. The lowest BCUT2D eigenvalue weighted by Gasteiger charge is -2.30. The highest BCUT2D eigenvalue weighted by Gasteiger charge is 2.64. The molecule has 0 spiro atoms. The van der Waals surface area contributed by atoms with Gasteiger partial charge in [0.15, 0.2) is 0 Å². The zero-order chi connectivity index (χ0) is 28.2. The molecule has 0 aromatic rings. The molecule has 1 aliphatic heterocycles. The summed E-state index contributed by atoms with van der Waals surface area (Å²) in [6, 6.07) is -2.41. The van der Waals surface area contributed by atoms with Crippen LogP contribution in [0.1, 0.15) is 59.3 Å². The van der Waals surface area contributed by atoms with Gasteiger partial charge < -0.3 is 30.5 Å². The normalized spacial score (nSPS) is 26.1. The third-order valence-electron chi connectivity index (χ3n) is 6.35. The van der Waals surface area contributed by atoms with Gasteiger partial charge in [-0.25, -0.2) is 18.4 Å². The number of aliphatic hydroxyl groups excluding tert-OH is 1. The first-order valence-electron chi connectivity index (χ1n) is 12.2. The fraction of sp³-hybridized carbons (Fsp3) is 0.680. The van der Waals surface area contributed by atoms with Gasteiger partial charge in [-0.2, -0.15) is 0 Å². The van der Waals surface area contributed by atoms with Crippen LogP contribution in [-0.2, 0) is 19.1 Å². The Morgan fingerprint density at radius 1 is 1.22 bits per heavy atom. The number of rotatable bonds is 12. The molecule has 1 aliphatic carbocycles. The molecule has 12 heteroatoms. The summed E-state index contributed by atoms with van der Waals surface area (Å²) < 4.78 is 33.7. The van der Waals surface area contributed by atoms with Crippen LogP contribution in [0.4, 0.5) is 13.6 Å². The molecule has 208 valence electrons. The second kappa shape index (κ2) is 11.6. The molecular weight excluding hydrogens is 492 g/mol. The monoisotopic (exact) mass is 529 g/mol. The van der Waals surface area contributed by atoms with Gasteiger partial charge in [-0.1, -0.05) is 12.2 Å². The molecule has 3 amide bonds. The van der Waals surface area contributed by atoms with Crippen molar-refractivity contribution in [2.24, 2.45) is 5.92 Å². The molecule has 2 fully saturated rings. The van der Waals surface area contributed by atoms with Crippen LogP contribution in [0.5, 0.6) is 0 Å². The van der Waals surface area contributed by atoms with E-state index < -0.39 is 77.9 Å². The number of allylic oxidation sites excluding steroid dienone is 1. The zero-order valence-corrected chi connectivity index (χ0v) is 21.5. The van der Waals surface area contributed by atoms with Crippen LogP contribution in [0.15, 0.2) is 25.3 Å². The third kappa shape index (κ3) is 7.98. The number of carboxylic acids is 1. The van der Waals surface area contributed by atoms with E-state index in [9.17, 15) is 38.2 Å². The SMILES string of the molecule is C=CCCC(F)(F)CC1CC1(NC(=O)[C@@H]1C[C@@H](O)CN1C(=O)[C@H](CC=C)NC(=O)OC(C)(C)C)C(=O)O. The Morgan fingerprint density at radius 2 is 1.86 bits per heavy atom. The highest BCUT2D eigenvalue weighted by atomic mass is 19.3. The number of carboxylic acid groups (broad SMARTS) is 1. The van der Waals surface area contributed by atoms with Crippen molar-refractivity contribution >= 4 is 23.9 Å². The van der Waals surface area contributed by atoms with Crippen molar-refractivity contribution in [2.45, 2.75) is 94.5 Å². The molecule has 2 unspecified atom stereocenters. The molecule has 2 aliphatic rings. The van der Waals surface area contributed by atoms with Crippen LogP contribution < -0.4 is 10.6 Å². The van der Waals surface area contributed by atoms with Crippen molar-refractivity contribution in [1.82, 2.24) is 15.5 Å². The lowest BCUT2D eigenvalue weighted by molar-refractivity contribution is -0.146. The van der Waals surface area contributed by atoms with Gasteiger partial charge in [0.1, 0.15) is 23.2 Å².